The van der Waals surface area contributed by atoms with E-state index in [1.165, 1.54) is 23.8 Å². The topological polar surface area (TPSA) is 43.1 Å². The highest BCUT2D eigenvalue weighted by Gasteiger charge is 2.14. The van der Waals surface area contributed by atoms with Crippen LogP contribution in [0.25, 0.3) is 21.9 Å². The molecule has 0 bridgehead atoms. The Hall–Kier alpha value is -2.68. The van der Waals surface area contributed by atoms with Gasteiger partial charge in [0, 0.05) is 5.56 Å². The number of hydrogen-bond donors (Lipinski definition) is 1. The summed E-state index contributed by atoms with van der Waals surface area (Å²) in [5, 5.41) is 2.11. The monoisotopic (exact) mass is 293 g/mol. The van der Waals surface area contributed by atoms with Crippen molar-refractivity contribution in [2.24, 2.45) is 5.73 Å². The van der Waals surface area contributed by atoms with E-state index in [0.29, 0.717) is 11.1 Å². The van der Waals surface area contributed by atoms with Crippen LogP contribution in [0, 0.1) is 5.82 Å². The molecule has 2 nitrogen and oxygen atoms in total. The predicted octanol–water partition coefficient (Wildman–Crippen LogP) is 4.31. The van der Waals surface area contributed by atoms with Gasteiger partial charge in [-0.15, -0.1) is 0 Å². The van der Waals surface area contributed by atoms with Gasteiger partial charge in [-0.1, -0.05) is 43.3 Å². The molecule has 22 heavy (non-hydrogen) atoms. The molecule has 3 heteroatoms. The number of carbonyl (C=O) groups is 1. The molecule has 0 saturated carbocycles. The fourth-order valence-electron chi connectivity index (χ4n) is 2.87. The lowest BCUT2D eigenvalue weighted by Crippen LogP contribution is -2.12. The molecular formula is C19H16FNO. The summed E-state index contributed by atoms with van der Waals surface area (Å²) in [4.78, 5) is 11.7. The van der Waals surface area contributed by atoms with Crippen LogP contribution in [0.1, 0.15) is 22.8 Å². The van der Waals surface area contributed by atoms with Gasteiger partial charge in [-0.25, -0.2) is 4.39 Å². The largest absolute Gasteiger partial charge is 0.366 e. The second-order valence-corrected chi connectivity index (χ2v) is 5.23. The van der Waals surface area contributed by atoms with Gasteiger partial charge in [-0.05, 0) is 52.1 Å². The van der Waals surface area contributed by atoms with Gasteiger partial charge in [0.1, 0.15) is 5.82 Å². The van der Waals surface area contributed by atoms with E-state index < -0.39 is 5.91 Å². The van der Waals surface area contributed by atoms with Crippen LogP contribution < -0.4 is 5.73 Å². The molecule has 0 fully saturated rings. The Morgan fingerprint density at radius 1 is 1.00 bits per heavy atom. The number of primary amides is 1. The van der Waals surface area contributed by atoms with Crippen LogP contribution in [-0.4, -0.2) is 5.91 Å². The van der Waals surface area contributed by atoms with E-state index in [1.807, 2.05) is 30.3 Å². The van der Waals surface area contributed by atoms with Gasteiger partial charge in [-0.3, -0.25) is 4.79 Å². The first-order valence-electron chi connectivity index (χ1n) is 7.22. The van der Waals surface area contributed by atoms with Gasteiger partial charge >= 0.3 is 0 Å². The number of hydrogen-bond acceptors (Lipinski definition) is 1. The van der Waals surface area contributed by atoms with Crippen LogP contribution in [0.15, 0.2) is 54.6 Å². The first-order valence-corrected chi connectivity index (χ1v) is 7.22. The molecule has 3 rings (SSSR count). The van der Waals surface area contributed by atoms with Crippen LogP contribution in [0.3, 0.4) is 0 Å². The first kappa shape index (κ1) is 14.3. The molecule has 0 aliphatic carbocycles. The van der Waals surface area contributed by atoms with E-state index in [-0.39, 0.29) is 5.82 Å². The zero-order valence-electron chi connectivity index (χ0n) is 12.3. The van der Waals surface area contributed by atoms with Crippen molar-refractivity contribution in [3.63, 3.8) is 0 Å². The maximum absolute atomic E-state index is 13.7. The minimum Gasteiger partial charge on any atom is -0.366 e. The Morgan fingerprint density at radius 3 is 2.45 bits per heavy atom. The normalized spacial score (nSPS) is 10.8. The lowest BCUT2D eigenvalue weighted by molar-refractivity contribution is 0.100. The lowest BCUT2D eigenvalue weighted by Gasteiger charge is -2.12. The summed E-state index contributed by atoms with van der Waals surface area (Å²) in [6.07, 6.45) is 0.909. The zero-order chi connectivity index (χ0) is 15.7. The molecule has 2 N–H and O–H groups in total. The van der Waals surface area contributed by atoms with Crippen molar-refractivity contribution in [2.75, 3.05) is 0 Å². The van der Waals surface area contributed by atoms with E-state index >= 15 is 0 Å². The molecule has 1 amide bonds. The maximum atomic E-state index is 13.7. The van der Waals surface area contributed by atoms with E-state index in [4.69, 9.17) is 5.73 Å². The summed E-state index contributed by atoms with van der Waals surface area (Å²) < 4.78 is 13.7. The van der Waals surface area contributed by atoms with E-state index in [2.05, 4.69) is 13.0 Å². The predicted molar refractivity (Wildman–Crippen MR) is 87.2 cm³/mol. The summed E-state index contributed by atoms with van der Waals surface area (Å²) in [7, 11) is 0. The Balaban J connectivity index is 2.36. The standard InChI is InChI=1S/C19H16FNO/c1-2-12-5-3-7-15-14(12)6-4-8-16(15)18-11-13(20)9-10-17(18)19(21)22/h3-11H,2H2,1H3,(H2,21,22). The van der Waals surface area contributed by atoms with Gasteiger partial charge in [0.2, 0.25) is 5.91 Å². The van der Waals surface area contributed by atoms with Crippen molar-refractivity contribution in [2.45, 2.75) is 13.3 Å². The Morgan fingerprint density at radius 2 is 1.73 bits per heavy atom. The second-order valence-electron chi connectivity index (χ2n) is 5.23. The van der Waals surface area contributed by atoms with E-state index in [1.54, 1.807) is 0 Å². The molecule has 0 aromatic heterocycles. The maximum Gasteiger partial charge on any atom is 0.249 e. The van der Waals surface area contributed by atoms with Gasteiger partial charge in [0.25, 0.3) is 0 Å². The van der Waals surface area contributed by atoms with Gasteiger partial charge < -0.3 is 5.73 Å². The van der Waals surface area contributed by atoms with E-state index in [9.17, 15) is 9.18 Å². The highest BCUT2D eigenvalue weighted by atomic mass is 19.1. The average Bonchev–Trinajstić information content (AvgIpc) is 2.53. The van der Waals surface area contributed by atoms with Crippen molar-refractivity contribution in [1.29, 1.82) is 0 Å². The van der Waals surface area contributed by atoms with Gasteiger partial charge in [0.05, 0.1) is 0 Å². The number of rotatable bonds is 3. The van der Waals surface area contributed by atoms with Crippen LogP contribution in [-0.2, 0) is 6.42 Å². The summed E-state index contributed by atoms with van der Waals surface area (Å²) >= 11 is 0. The number of nitrogens with two attached hydrogens (primary N) is 1. The molecule has 110 valence electrons. The minimum atomic E-state index is -0.557. The van der Waals surface area contributed by atoms with Crippen molar-refractivity contribution in [1.82, 2.24) is 0 Å². The fourth-order valence-corrected chi connectivity index (χ4v) is 2.87. The Bertz CT molecular complexity index is 870. The fraction of sp³-hybridized carbons (Fsp3) is 0.105. The highest BCUT2D eigenvalue weighted by Crippen LogP contribution is 2.33. The molecule has 0 unspecified atom stereocenters. The number of fused-ring (bicyclic) bond motifs is 1. The number of aryl methyl sites for hydroxylation is 1. The molecule has 3 aromatic rings. The van der Waals surface area contributed by atoms with Crippen LogP contribution in [0.4, 0.5) is 4.39 Å². The summed E-state index contributed by atoms with van der Waals surface area (Å²) in [5.74, 6) is -0.942. The third-order valence-electron chi connectivity index (χ3n) is 3.93. The number of benzene rings is 3. The van der Waals surface area contributed by atoms with Crippen LogP contribution in [0.5, 0.6) is 0 Å². The minimum absolute atomic E-state index is 0.329. The Kier molecular flexibility index (Phi) is 3.63. The summed E-state index contributed by atoms with van der Waals surface area (Å²) in [6.45, 7) is 2.10. The van der Waals surface area contributed by atoms with E-state index in [0.717, 1.165) is 22.8 Å². The molecule has 0 spiro atoms. The molecule has 3 aromatic carbocycles. The molecule has 0 aliphatic heterocycles. The molecule has 0 saturated heterocycles. The van der Waals surface area contributed by atoms with Crippen molar-refractivity contribution in [3.8, 4) is 11.1 Å². The Labute approximate surface area is 128 Å². The molecule has 0 aliphatic rings. The number of carbonyl (C=O) groups excluding carboxylic acids is 1. The smallest absolute Gasteiger partial charge is 0.249 e. The number of amides is 1. The van der Waals surface area contributed by atoms with Crippen molar-refractivity contribution in [3.05, 3.63) is 71.5 Å². The quantitative estimate of drug-likeness (QED) is 0.768. The van der Waals surface area contributed by atoms with Crippen molar-refractivity contribution < 1.29 is 9.18 Å². The van der Waals surface area contributed by atoms with Gasteiger partial charge in [0.15, 0.2) is 0 Å². The SMILES string of the molecule is CCc1cccc2c(-c3cc(F)ccc3C(N)=O)cccc12. The second kappa shape index (κ2) is 5.60. The molecular weight excluding hydrogens is 277 g/mol. The van der Waals surface area contributed by atoms with Crippen LogP contribution >= 0.6 is 0 Å². The third-order valence-corrected chi connectivity index (χ3v) is 3.93. The zero-order valence-corrected chi connectivity index (χ0v) is 12.3. The highest BCUT2D eigenvalue weighted by molar-refractivity contribution is 6.06. The first-order chi connectivity index (χ1) is 10.6. The lowest BCUT2D eigenvalue weighted by atomic mass is 9.92. The molecule has 0 radical (unpaired) electrons. The van der Waals surface area contributed by atoms with Crippen LogP contribution in [0.2, 0.25) is 0 Å². The summed E-state index contributed by atoms with van der Waals surface area (Å²) in [5.41, 5.74) is 8.34. The molecule has 0 atom stereocenters. The average molecular weight is 293 g/mol. The van der Waals surface area contributed by atoms with Gasteiger partial charge in [-0.2, -0.15) is 0 Å². The number of halogens is 1. The van der Waals surface area contributed by atoms with Crippen molar-refractivity contribution >= 4 is 16.7 Å². The molecule has 0 heterocycles. The third kappa shape index (κ3) is 2.35. The summed E-state index contributed by atoms with van der Waals surface area (Å²) in [6, 6.07) is 16.0.